The maximum Gasteiger partial charge on any atom is 0.254 e. The molecular weight excluding hydrogens is 498 g/mol. The predicted octanol–water partition coefficient (Wildman–Crippen LogP) is 5.67. The first-order valence-corrected chi connectivity index (χ1v) is 13.3. The van der Waals surface area contributed by atoms with Crippen molar-refractivity contribution < 1.29 is 4.79 Å². The largest absolute Gasteiger partial charge is 0.368 e. The summed E-state index contributed by atoms with van der Waals surface area (Å²) in [5.41, 5.74) is 8.19. The Morgan fingerprint density at radius 2 is 1.62 bits per heavy atom. The van der Waals surface area contributed by atoms with Crippen LogP contribution in [0.4, 0.5) is 17.2 Å². The normalized spacial score (nSPS) is 15.0. The van der Waals surface area contributed by atoms with E-state index in [-0.39, 0.29) is 13.3 Å². The minimum absolute atomic E-state index is 0. The van der Waals surface area contributed by atoms with Gasteiger partial charge >= 0.3 is 0 Å². The second kappa shape index (κ2) is 10.5. The van der Waals surface area contributed by atoms with Crippen molar-refractivity contribution in [2.45, 2.75) is 14.0 Å². The topological polar surface area (TPSA) is 89.2 Å². The van der Waals surface area contributed by atoms with Gasteiger partial charge in [-0.05, 0) is 30.8 Å². The van der Waals surface area contributed by atoms with Crippen molar-refractivity contribution in [3.63, 3.8) is 0 Å². The fourth-order valence-electron chi connectivity index (χ4n) is 5.61. The first-order valence-electron chi connectivity index (χ1n) is 13.3. The van der Waals surface area contributed by atoms with E-state index < -0.39 is 0 Å². The number of para-hydroxylation sites is 1. The van der Waals surface area contributed by atoms with Gasteiger partial charge in [0.15, 0.2) is 0 Å². The monoisotopic (exact) mass is 531 g/mol. The molecule has 0 saturated carbocycles. The molecule has 0 unspecified atom stereocenters. The molecule has 0 spiro atoms. The van der Waals surface area contributed by atoms with Crippen molar-refractivity contribution in [3.8, 4) is 22.5 Å². The Bertz CT molecular complexity index is 1670. The van der Waals surface area contributed by atoms with Crippen molar-refractivity contribution in [2.75, 3.05) is 43.4 Å². The highest BCUT2D eigenvalue weighted by Crippen LogP contribution is 2.41. The Morgan fingerprint density at radius 3 is 2.40 bits per heavy atom. The van der Waals surface area contributed by atoms with E-state index in [1.807, 2.05) is 42.6 Å². The van der Waals surface area contributed by atoms with Gasteiger partial charge in [-0.25, -0.2) is 4.98 Å². The van der Waals surface area contributed by atoms with Gasteiger partial charge in [-0.3, -0.25) is 9.78 Å². The summed E-state index contributed by atoms with van der Waals surface area (Å²) in [7, 11) is 2.15. The van der Waals surface area contributed by atoms with E-state index in [0.29, 0.717) is 23.6 Å². The Balaban J connectivity index is 0.00000289. The van der Waals surface area contributed by atoms with Crippen LogP contribution in [0.3, 0.4) is 0 Å². The molecule has 8 heteroatoms. The summed E-state index contributed by atoms with van der Waals surface area (Å²) in [5, 5.41) is 7.45. The number of H-pyrrole nitrogens is 1. The molecule has 2 aliphatic heterocycles. The van der Waals surface area contributed by atoms with Crippen LogP contribution in [-0.2, 0) is 6.54 Å². The number of pyridine rings is 2. The van der Waals surface area contributed by atoms with Gasteiger partial charge in [0.1, 0.15) is 5.82 Å². The van der Waals surface area contributed by atoms with Crippen molar-refractivity contribution in [1.29, 1.82) is 0 Å². The van der Waals surface area contributed by atoms with Gasteiger partial charge in [-0.15, -0.1) is 0 Å². The number of hydrogen-bond acceptors (Lipinski definition) is 6. The van der Waals surface area contributed by atoms with Crippen molar-refractivity contribution in [3.05, 3.63) is 90.3 Å². The molecule has 0 atom stereocenters. The third-order valence-corrected chi connectivity index (χ3v) is 7.72. The Morgan fingerprint density at radius 1 is 0.850 bits per heavy atom. The number of fused-ring (bicyclic) bond motifs is 2. The molecule has 0 aliphatic carbocycles. The summed E-state index contributed by atoms with van der Waals surface area (Å²) < 4.78 is 0. The smallest absolute Gasteiger partial charge is 0.254 e. The number of anilines is 3. The van der Waals surface area contributed by atoms with Crippen LogP contribution in [0.5, 0.6) is 0 Å². The molecule has 2 aromatic carbocycles. The summed E-state index contributed by atoms with van der Waals surface area (Å²) in [6, 6.07) is 22.5. The van der Waals surface area contributed by atoms with Gasteiger partial charge in [0, 0.05) is 54.8 Å². The molecule has 1 fully saturated rings. The molecular formula is C32H33N7O. The molecule has 3 N–H and O–H groups in total. The lowest BCUT2D eigenvalue weighted by Gasteiger charge is -2.33. The van der Waals surface area contributed by atoms with Gasteiger partial charge < -0.3 is 25.4 Å². The summed E-state index contributed by atoms with van der Waals surface area (Å²) in [6.45, 7) is 4.49. The highest BCUT2D eigenvalue weighted by Gasteiger charge is 2.29. The van der Waals surface area contributed by atoms with E-state index in [0.717, 1.165) is 70.8 Å². The van der Waals surface area contributed by atoms with Crippen LogP contribution in [0.15, 0.2) is 79.1 Å². The predicted molar refractivity (Wildman–Crippen MR) is 162 cm³/mol. The molecule has 5 aromatic rings. The fraction of sp³-hybridized carbons (Fsp3) is 0.219. The van der Waals surface area contributed by atoms with E-state index in [9.17, 15) is 4.79 Å². The van der Waals surface area contributed by atoms with Crippen LogP contribution in [0, 0.1) is 0 Å². The number of aromatic nitrogens is 3. The average Bonchev–Trinajstić information content (AvgIpc) is 3.56. The molecule has 7 rings (SSSR count). The summed E-state index contributed by atoms with van der Waals surface area (Å²) >= 11 is 0. The number of hydrogen-bond donors (Lipinski definition) is 3. The second-order valence-corrected chi connectivity index (χ2v) is 10.2. The quantitative estimate of drug-likeness (QED) is 0.271. The second-order valence-electron chi connectivity index (χ2n) is 10.2. The number of likely N-dealkylation sites (N-methyl/N-ethyl adjacent to an activating group) is 1. The number of amides is 1. The zero-order valence-electron chi connectivity index (χ0n) is 21.7. The van der Waals surface area contributed by atoms with Gasteiger partial charge in [0.05, 0.1) is 40.7 Å². The van der Waals surface area contributed by atoms with Crippen LogP contribution >= 0.6 is 0 Å². The Hall–Kier alpha value is -4.69. The van der Waals surface area contributed by atoms with Gasteiger partial charge in [0.2, 0.25) is 0 Å². The lowest BCUT2D eigenvalue weighted by atomic mass is 9.96. The minimum atomic E-state index is -0.105. The average molecular weight is 532 g/mol. The molecule has 202 valence electrons. The van der Waals surface area contributed by atoms with E-state index in [1.54, 1.807) is 6.20 Å². The van der Waals surface area contributed by atoms with E-state index >= 15 is 0 Å². The maximum absolute atomic E-state index is 13.1. The molecule has 5 heterocycles. The lowest BCUT2D eigenvalue weighted by molar-refractivity contribution is 0.0966. The van der Waals surface area contributed by atoms with Crippen LogP contribution in [0.2, 0.25) is 0 Å². The molecule has 0 bridgehead atoms. The number of rotatable bonds is 5. The van der Waals surface area contributed by atoms with E-state index in [2.05, 4.69) is 67.8 Å². The first kappa shape index (κ1) is 25.6. The Labute approximate surface area is 234 Å². The third kappa shape index (κ3) is 4.46. The van der Waals surface area contributed by atoms with Crippen LogP contribution in [-0.4, -0.2) is 59.0 Å². The molecule has 2 aliphatic rings. The molecule has 40 heavy (non-hydrogen) atoms. The number of piperazine rings is 1. The molecule has 0 radical (unpaired) electrons. The highest BCUT2D eigenvalue weighted by atomic mass is 16.1. The fourth-order valence-corrected chi connectivity index (χ4v) is 5.61. The summed E-state index contributed by atoms with van der Waals surface area (Å²) in [5.74, 6) is 0.577. The number of aromatic amines is 1. The van der Waals surface area contributed by atoms with Gasteiger partial charge in [0.25, 0.3) is 5.91 Å². The van der Waals surface area contributed by atoms with Crippen LogP contribution in [0.25, 0.3) is 33.4 Å². The van der Waals surface area contributed by atoms with Gasteiger partial charge in [-0.1, -0.05) is 56.0 Å². The van der Waals surface area contributed by atoms with E-state index in [4.69, 9.17) is 4.98 Å². The SMILES string of the molecule is C.CN1CCN(c2ccc(Nc3cnc(-c4c(-c5ccccc5)[nH]c5ccccc45)c4c3C(=O)NC4)nc2)CC1. The Kier molecular flexibility index (Phi) is 6.69. The zero-order valence-corrected chi connectivity index (χ0v) is 21.7. The van der Waals surface area contributed by atoms with Crippen molar-refractivity contribution >= 4 is 34.0 Å². The third-order valence-electron chi connectivity index (χ3n) is 7.72. The molecule has 1 saturated heterocycles. The number of benzene rings is 2. The van der Waals surface area contributed by atoms with Crippen LogP contribution < -0.4 is 15.5 Å². The maximum atomic E-state index is 13.1. The number of nitrogens with one attached hydrogen (secondary N) is 3. The highest BCUT2D eigenvalue weighted by molar-refractivity contribution is 6.09. The molecule has 8 nitrogen and oxygen atoms in total. The standard InChI is InChI=1S/C31H29N7O.CH4/c1-37-13-15-38(16-14-37)21-11-12-26(32-17-21)35-25-19-33-30(23-18-34-31(39)27(23)25)28-22-9-5-6-10-24(22)36-29(28)20-7-3-2-4-8-20;/h2-12,17,19,36H,13-16,18H2,1H3,(H,32,35)(H,34,39);1H4. The molecule has 1 amide bonds. The van der Waals surface area contributed by atoms with E-state index in [1.165, 1.54) is 0 Å². The van der Waals surface area contributed by atoms with Crippen LogP contribution in [0.1, 0.15) is 23.3 Å². The van der Waals surface area contributed by atoms with Crippen molar-refractivity contribution in [2.24, 2.45) is 0 Å². The van der Waals surface area contributed by atoms with Gasteiger partial charge in [-0.2, -0.15) is 0 Å². The number of carbonyl (C=O) groups excluding carboxylic acids is 1. The van der Waals surface area contributed by atoms with Crippen molar-refractivity contribution in [1.82, 2.24) is 25.2 Å². The number of carbonyl (C=O) groups is 1. The summed E-state index contributed by atoms with van der Waals surface area (Å²) in [4.78, 5) is 31.0. The minimum Gasteiger partial charge on any atom is -0.368 e. The zero-order chi connectivity index (χ0) is 26.3. The lowest BCUT2D eigenvalue weighted by Crippen LogP contribution is -2.44. The molecule has 3 aromatic heterocycles. The first-order chi connectivity index (χ1) is 19.2. The summed E-state index contributed by atoms with van der Waals surface area (Å²) in [6.07, 6.45) is 3.65. The number of nitrogens with zero attached hydrogens (tertiary/aromatic N) is 4.